The van der Waals surface area contributed by atoms with Gasteiger partial charge in [-0.15, -0.1) is 0 Å². The highest BCUT2D eigenvalue weighted by Gasteiger charge is 2.23. The topological polar surface area (TPSA) is 41.0 Å². The SMILES string of the molecule is CC1CCCC(C)N1N=Cc1sc(N2CCOCC2)nc1-c1ccccc1. The Morgan fingerprint density at radius 2 is 1.81 bits per heavy atom. The fourth-order valence-electron chi connectivity index (χ4n) is 3.85. The summed E-state index contributed by atoms with van der Waals surface area (Å²) >= 11 is 1.74. The first-order chi connectivity index (χ1) is 13.2. The van der Waals surface area contributed by atoms with E-state index in [0.29, 0.717) is 12.1 Å². The van der Waals surface area contributed by atoms with Gasteiger partial charge >= 0.3 is 0 Å². The normalized spacial score (nSPS) is 23.9. The van der Waals surface area contributed by atoms with Crippen molar-refractivity contribution in [3.63, 3.8) is 0 Å². The van der Waals surface area contributed by atoms with E-state index in [0.717, 1.165) is 47.6 Å². The molecule has 27 heavy (non-hydrogen) atoms. The summed E-state index contributed by atoms with van der Waals surface area (Å²) in [6.07, 6.45) is 5.76. The summed E-state index contributed by atoms with van der Waals surface area (Å²) in [5, 5.41) is 8.23. The molecule has 0 N–H and O–H groups in total. The molecule has 2 aromatic rings. The molecule has 4 rings (SSSR count). The van der Waals surface area contributed by atoms with Gasteiger partial charge in [-0.2, -0.15) is 5.10 Å². The minimum atomic E-state index is 0.497. The number of nitrogens with zero attached hydrogens (tertiary/aromatic N) is 4. The quantitative estimate of drug-likeness (QED) is 0.739. The molecule has 0 amide bonds. The highest BCUT2D eigenvalue weighted by molar-refractivity contribution is 7.17. The second-order valence-corrected chi connectivity index (χ2v) is 8.44. The average molecular weight is 385 g/mol. The van der Waals surface area contributed by atoms with Crippen LogP contribution in [0.5, 0.6) is 0 Å². The first kappa shape index (κ1) is 18.4. The lowest BCUT2D eigenvalue weighted by atomic mass is 10.00. The van der Waals surface area contributed by atoms with Crippen molar-refractivity contribution >= 4 is 22.7 Å². The lowest BCUT2D eigenvalue weighted by Crippen LogP contribution is -2.39. The highest BCUT2D eigenvalue weighted by Crippen LogP contribution is 2.33. The number of hydrogen-bond donors (Lipinski definition) is 0. The van der Waals surface area contributed by atoms with E-state index in [1.807, 2.05) is 12.3 Å². The Balaban J connectivity index is 1.65. The minimum absolute atomic E-state index is 0.497. The number of benzene rings is 1. The highest BCUT2D eigenvalue weighted by atomic mass is 32.1. The Bertz CT molecular complexity index is 760. The standard InChI is InChI=1S/C21H28N4OS/c1-16-7-6-8-17(2)25(16)22-15-19-20(18-9-4-3-5-10-18)23-21(27-19)24-11-13-26-14-12-24/h3-5,9-10,15-17H,6-8,11-14H2,1-2H3. The van der Waals surface area contributed by atoms with Gasteiger partial charge in [-0.1, -0.05) is 41.7 Å². The van der Waals surface area contributed by atoms with Crippen LogP contribution in [-0.4, -0.2) is 54.6 Å². The van der Waals surface area contributed by atoms with Crippen LogP contribution in [0, 0.1) is 0 Å². The number of rotatable bonds is 4. The number of hydrogen-bond acceptors (Lipinski definition) is 6. The Morgan fingerprint density at radius 3 is 2.52 bits per heavy atom. The third-order valence-corrected chi connectivity index (χ3v) is 6.48. The number of morpholine rings is 1. The van der Waals surface area contributed by atoms with Crippen LogP contribution < -0.4 is 4.90 Å². The Hall–Kier alpha value is -1.92. The van der Waals surface area contributed by atoms with Gasteiger partial charge in [-0.3, -0.25) is 5.01 Å². The molecule has 2 aliphatic rings. The van der Waals surface area contributed by atoms with E-state index in [9.17, 15) is 0 Å². The predicted molar refractivity (Wildman–Crippen MR) is 113 cm³/mol. The maximum atomic E-state index is 5.50. The van der Waals surface area contributed by atoms with Crippen LogP contribution in [-0.2, 0) is 4.74 Å². The lowest BCUT2D eigenvalue weighted by molar-refractivity contribution is 0.109. The molecule has 2 atom stereocenters. The van der Waals surface area contributed by atoms with Crippen LogP contribution in [0.15, 0.2) is 35.4 Å². The number of hydrazone groups is 1. The van der Waals surface area contributed by atoms with Crippen LogP contribution in [0.1, 0.15) is 38.0 Å². The number of ether oxygens (including phenoxy) is 1. The Kier molecular flexibility index (Phi) is 5.74. The molecule has 1 aromatic carbocycles. The van der Waals surface area contributed by atoms with E-state index in [2.05, 4.69) is 48.0 Å². The summed E-state index contributed by atoms with van der Waals surface area (Å²) in [6.45, 7) is 7.89. The zero-order valence-corrected chi connectivity index (χ0v) is 17.0. The van der Waals surface area contributed by atoms with E-state index in [-0.39, 0.29) is 0 Å². The van der Waals surface area contributed by atoms with Crippen molar-refractivity contribution in [1.82, 2.24) is 9.99 Å². The van der Waals surface area contributed by atoms with E-state index >= 15 is 0 Å². The Morgan fingerprint density at radius 1 is 1.11 bits per heavy atom. The predicted octanol–water partition coefficient (Wildman–Crippen LogP) is 4.24. The Labute approximate surface area is 165 Å². The number of piperidine rings is 1. The van der Waals surface area contributed by atoms with E-state index in [1.54, 1.807) is 11.3 Å². The minimum Gasteiger partial charge on any atom is -0.378 e. The molecule has 0 aliphatic carbocycles. The van der Waals surface area contributed by atoms with E-state index < -0.39 is 0 Å². The molecule has 0 radical (unpaired) electrons. The third-order valence-electron chi connectivity index (χ3n) is 5.43. The summed E-state index contributed by atoms with van der Waals surface area (Å²) in [4.78, 5) is 8.44. The first-order valence-electron chi connectivity index (χ1n) is 9.93. The third kappa shape index (κ3) is 4.17. The van der Waals surface area contributed by atoms with E-state index in [1.165, 1.54) is 19.3 Å². The number of anilines is 1. The summed E-state index contributed by atoms with van der Waals surface area (Å²) in [6, 6.07) is 11.4. The fourth-order valence-corrected chi connectivity index (χ4v) is 4.86. The van der Waals surface area contributed by atoms with Crippen molar-refractivity contribution in [2.75, 3.05) is 31.2 Å². The van der Waals surface area contributed by atoms with Crippen LogP contribution in [0.2, 0.25) is 0 Å². The summed E-state index contributed by atoms with van der Waals surface area (Å²) in [7, 11) is 0. The lowest BCUT2D eigenvalue weighted by Gasteiger charge is -2.36. The number of thiazole rings is 1. The summed E-state index contributed by atoms with van der Waals surface area (Å²) in [5.41, 5.74) is 2.18. The van der Waals surface area contributed by atoms with Gasteiger partial charge in [0.25, 0.3) is 0 Å². The van der Waals surface area contributed by atoms with Crippen molar-refractivity contribution in [3.8, 4) is 11.3 Å². The molecule has 2 unspecified atom stereocenters. The summed E-state index contributed by atoms with van der Waals surface area (Å²) in [5.74, 6) is 0. The van der Waals surface area contributed by atoms with Crippen molar-refractivity contribution < 1.29 is 4.74 Å². The molecule has 0 saturated carbocycles. The van der Waals surface area contributed by atoms with E-state index in [4.69, 9.17) is 14.8 Å². The van der Waals surface area contributed by atoms with Gasteiger partial charge in [0.05, 0.1) is 30.0 Å². The second kappa shape index (κ2) is 8.40. The van der Waals surface area contributed by atoms with Gasteiger partial charge in [0.15, 0.2) is 5.13 Å². The van der Waals surface area contributed by atoms with Gasteiger partial charge in [0.2, 0.25) is 0 Å². The molecule has 2 aliphatic heterocycles. The molecular weight excluding hydrogens is 356 g/mol. The maximum absolute atomic E-state index is 5.50. The molecular formula is C21H28N4OS. The molecule has 2 saturated heterocycles. The van der Waals surface area contributed by atoms with Gasteiger partial charge in [-0.05, 0) is 33.1 Å². The molecule has 1 aromatic heterocycles. The zero-order chi connectivity index (χ0) is 18.6. The monoisotopic (exact) mass is 384 g/mol. The van der Waals surface area contributed by atoms with Gasteiger partial charge < -0.3 is 9.64 Å². The molecule has 144 valence electrons. The van der Waals surface area contributed by atoms with Crippen molar-refractivity contribution in [2.45, 2.75) is 45.2 Å². The average Bonchev–Trinajstić information content (AvgIpc) is 3.13. The van der Waals surface area contributed by atoms with Crippen molar-refractivity contribution in [1.29, 1.82) is 0 Å². The maximum Gasteiger partial charge on any atom is 0.186 e. The van der Waals surface area contributed by atoms with Crippen molar-refractivity contribution in [3.05, 3.63) is 35.2 Å². The largest absolute Gasteiger partial charge is 0.378 e. The molecule has 6 heteroatoms. The first-order valence-corrected chi connectivity index (χ1v) is 10.8. The van der Waals surface area contributed by atoms with Crippen LogP contribution in [0.4, 0.5) is 5.13 Å². The molecule has 0 spiro atoms. The van der Waals surface area contributed by atoms with Gasteiger partial charge in [0.1, 0.15) is 0 Å². The van der Waals surface area contributed by atoms with Gasteiger partial charge in [-0.25, -0.2) is 4.98 Å². The number of aromatic nitrogens is 1. The zero-order valence-electron chi connectivity index (χ0n) is 16.2. The van der Waals surface area contributed by atoms with Crippen LogP contribution >= 0.6 is 11.3 Å². The molecule has 2 fully saturated rings. The molecule has 5 nitrogen and oxygen atoms in total. The van der Waals surface area contributed by atoms with Crippen LogP contribution in [0.3, 0.4) is 0 Å². The summed E-state index contributed by atoms with van der Waals surface area (Å²) < 4.78 is 5.50. The fraction of sp³-hybridized carbons (Fsp3) is 0.524. The molecule has 3 heterocycles. The molecule has 0 bridgehead atoms. The van der Waals surface area contributed by atoms with Gasteiger partial charge in [0, 0.05) is 30.7 Å². The second-order valence-electron chi connectivity index (χ2n) is 7.43. The van der Waals surface area contributed by atoms with Crippen molar-refractivity contribution in [2.24, 2.45) is 5.10 Å². The van der Waals surface area contributed by atoms with Crippen LogP contribution in [0.25, 0.3) is 11.3 Å². The smallest absolute Gasteiger partial charge is 0.186 e.